The number of carbonyl (C=O) groups is 1. The molecule has 1 atom stereocenters. The number of unbranched alkanes of at least 4 members (excludes halogenated alkanes) is 3. The van der Waals surface area contributed by atoms with Crippen LogP contribution in [0.5, 0.6) is 5.75 Å². The van der Waals surface area contributed by atoms with E-state index in [2.05, 4.69) is 6.92 Å². The third kappa shape index (κ3) is 4.40. The number of carboxylic acids is 1. The van der Waals surface area contributed by atoms with Gasteiger partial charge in [0.2, 0.25) is 0 Å². The maximum Gasteiger partial charge on any atom is 0.326 e. The molecule has 5 heteroatoms. The van der Waals surface area contributed by atoms with E-state index in [-0.39, 0.29) is 11.3 Å². The van der Waals surface area contributed by atoms with Crippen LogP contribution in [0.2, 0.25) is 0 Å². The van der Waals surface area contributed by atoms with Crippen molar-refractivity contribution >= 4 is 5.97 Å². The van der Waals surface area contributed by atoms with Crippen molar-refractivity contribution in [1.82, 2.24) is 4.57 Å². The SMILES string of the molecule is CCCCCCOc1cccn(C(CC)C(=O)O)c1=O. The molecule has 1 heterocycles. The van der Waals surface area contributed by atoms with E-state index in [4.69, 9.17) is 9.84 Å². The molecule has 0 aromatic carbocycles. The van der Waals surface area contributed by atoms with E-state index < -0.39 is 12.0 Å². The van der Waals surface area contributed by atoms with Gasteiger partial charge in [-0.05, 0) is 25.0 Å². The fraction of sp³-hybridized carbons (Fsp3) is 0.600. The van der Waals surface area contributed by atoms with Crippen molar-refractivity contribution in [3.05, 3.63) is 28.7 Å². The van der Waals surface area contributed by atoms with Crippen LogP contribution in [0.1, 0.15) is 52.0 Å². The zero-order chi connectivity index (χ0) is 15.0. The monoisotopic (exact) mass is 281 g/mol. The van der Waals surface area contributed by atoms with E-state index in [0.29, 0.717) is 13.0 Å². The summed E-state index contributed by atoms with van der Waals surface area (Å²) >= 11 is 0. The average molecular weight is 281 g/mol. The smallest absolute Gasteiger partial charge is 0.326 e. The van der Waals surface area contributed by atoms with Crippen molar-refractivity contribution in [2.75, 3.05) is 6.61 Å². The van der Waals surface area contributed by atoms with Crippen molar-refractivity contribution in [2.24, 2.45) is 0 Å². The molecular formula is C15H23NO4. The van der Waals surface area contributed by atoms with Crippen LogP contribution in [0.25, 0.3) is 0 Å². The summed E-state index contributed by atoms with van der Waals surface area (Å²) in [5.74, 6) is -0.779. The Morgan fingerprint density at radius 3 is 2.70 bits per heavy atom. The zero-order valence-corrected chi connectivity index (χ0v) is 12.2. The lowest BCUT2D eigenvalue weighted by Gasteiger charge is -2.14. The molecule has 1 N–H and O–H groups in total. The summed E-state index contributed by atoms with van der Waals surface area (Å²) in [7, 11) is 0. The fourth-order valence-electron chi connectivity index (χ4n) is 2.05. The van der Waals surface area contributed by atoms with Gasteiger partial charge in [0, 0.05) is 6.20 Å². The summed E-state index contributed by atoms with van der Waals surface area (Å²) in [6, 6.07) is 2.40. The van der Waals surface area contributed by atoms with Crippen LogP contribution in [0.3, 0.4) is 0 Å². The Labute approximate surface area is 119 Å². The predicted molar refractivity (Wildman–Crippen MR) is 77.3 cm³/mol. The number of hydrogen-bond donors (Lipinski definition) is 1. The number of hydrogen-bond acceptors (Lipinski definition) is 3. The van der Waals surface area contributed by atoms with Crippen LogP contribution in [0.4, 0.5) is 0 Å². The Bertz CT molecular complexity index is 481. The second kappa shape index (κ2) is 8.40. The van der Waals surface area contributed by atoms with E-state index in [1.807, 2.05) is 0 Å². The minimum absolute atomic E-state index is 0.226. The van der Waals surface area contributed by atoms with Crippen molar-refractivity contribution < 1.29 is 14.6 Å². The molecule has 1 unspecified atom stereocenters. The first-order valence-electron chi connectivity index (χ1n) is 7.18. The third-order valence-corrected chi connectivity index (χ3v) is 3.20. The van der Waals surface area contributed by atoms with Crippen molar-refractivity contribution in [3.63, 3.8) is 0 Å². The van der Waals surface area contributed by atoms with Crippen LogP contribution < -0.4 is 10.3 Å². The number of aliphatic carboxylic acids is 1. The molecule has 20 heavy (non-hydrogen) atoms. The molecule has 1 aromatic rings. The van der Waals surface area contributed by atoms with Crippen LogP contribution in [-0.2, 0) is 4.79 Å². The van der Waals surface area contributed by atoms with Crippen molar-refractivity contribution in [2.45, 2.75) is 52.0 Å². The van der Waals surface area contributed by atoms with Gasteiger partial charge in [0.05, 0.1) is 6.61 Å². The maximum absolute atomic E-state index is 12.2. The van der Waals surface area contributed by atoms with Gasteiger partial charge in [-0.2, -0.15) is 0 Å². The fourth-order valence-corrected chi connectivity index (χ4v) is 2.05. The molecule has 0 spiro atoms. The molecule has 112 valence electrons. The highest BCUT2D eigenvalue weighted by atomic mass is 16.5. The predicted octanol–water partition coefficient (Wildman–Crippen LogP) is 2.84. The van der Waals surface area contributed by atoms with Gasteiger partial charge < -0.3 is 9.84 Å². The first-order chi connectivity index (χ1) is 9.61. The first-order valence-corrected chi connectivity index (χ1v) is 7.18. The molecule has 1 rings (SSSR count). The van der Waals surface area contributed by atoms with E-state index in [1.165, 1.54) is 10.8 Å². The minimum Gasteiger partial charge on any atom is -0.488 e. The minimum atomic E-state index is -1.00. The van der Waals surface area contributed by atoms with Crippen LogP contribution in [0, 0.1) is 0 Å². The van der Waals surface area contributed by atoms with Crippen LogP contribution in [0.15, 0.2) is 23.1 Å². The summed E-state index contributed by atoms with van der Waals surface area (Å²) in [4.78, 5) is 23.3. The largest absolute Gasteiger partial charge is 0.488 e. The number of rotatable bonds is 9. The normalized spacial score (nSPS) is 12.1. The van der Waals surface area contributed by atoms with Gasteiger partial charge in [-0.3, -0.25) is 9.36 Å². The van der Waals surface area contributed by atoms with Crippen LogP contribution >= 0.6 is 0 Å². The number of aromatic nitrogens is 1. The maximum atomic E-state index is 12.2. The lowest BCUT2D eigenvalue weighted by molar-refractivity contribution is -0.141. The highest BCUT2D eigenvalue weighted by Gasteiger charge is 2.19. The molecule has 0 saturated carbocycles. The highest BCUT2D eigenvalue weighted by molar-refractivity contribution is 5.71. The zero-order valence-electron chi connectivity index (χ0n) is 12.2. The highest BCUT2D eigenvalue weighted by Crippen LogP contribution is 2.12. The molecule has 0 aliphatic carbocycles. The van der Waals surface area contributed by atoms with Gasteiger partial charge in [-0.1, -0.05) is 33.1 Å². The average Bonchev–Trinajstić information content (AvgIpc) is 2.42. The summed E-state index contributed by atoms with van der Waals surface area (Å²) in [6.45, 7) is 4.36. The molecule has 0 aliphatic heterocycles. The van der Waals surface area contributed by atoms with Gasteiger partial charge in [0.1, 0.15) is 6.04 Å². The van der Waals surface area contributed by atoms with Crippen molar-refractivity contribution in [1.29, 1.82) is 0 Å². The summed E-state index contributed by atoms with van der Waals surface area (Å²) in [5, 5.41) is 9.11. The molecule has 5 nitrogen and oxygen atoms in total. The molecule has 0 amide bonds. The number of pyridine rings is 1. The molecule has 0 aliphatic rings. The molecule has 0 saturated heterocycles. The van der Waals surface area contributed by atoms with E-state index >= 15 is 0 Å². The van der Waals surface area contributed by atoms with E-state index in [1.54, 1.807) is 19.1 Å². The molecule has 0 fully saturated rings. The van der Waals surface area contributed by atoms with E-state index in [9.17, 15) is 9.59 Å². The lowest BCUT2D eigenvalue weighted by Crippen LogP contribution is -2.29. The van der Waals surface area contributed by atoms with Gasteiger partial charge in [-0.15, -0.1) is 0 Å². The van der Waals surface area contributed by atoms with Crippen molar-refractivity contribution in [3.8, 4) is 5.75 Å². The van der Waals surface area contributed by atoms with Gasteiger partial charge in [0.15, 0.2) is 5.75 Å². The number of nitrogens with zero attached hydrogens (tertiary/aromatic N) is 1. The second-order valence-electron chi connectivity index (χ2n) is 4.76. The quantitative estimate of drug-likeness (QED) is 0.707. The van der Waals surface area contributed by atoms with Gasteiger partial charge >= 0.3 is 5.97 Å². The lowest BCUT2D eigenvalue weighted by atomic mass is 10.2. The topological polar surface area (TPSA) is 68.5 Å². The standard InChI is InChI=1S/C15H23NO4/c1-3-5-6-7-11-20-13-9-8-10-16(14(13)17)12(4-2)15(18)19/h8-10,12H,3-7,11H2,1-2H3,(H,18,19). The summed E-state index contributed by atoms with van der Waals surface area (Å²) < 4.78 is 6.70. The summed E-state index contributed by atoms with van der Waals surface area (Å²) in [5.41, 5.74) is -0.378. The molecule has 0 bridgehead atoms. The van der Waals surface area contributed by atoms with E-state index in [0.717, 1.165) is 25.7 Å². The Balaban J connectivity index is 2.74. The molecule has 1 aromatic heterocycles. The number of ether oxygens (including phenoxy) is 1. The van der Waals surface area contributed by atoms with Gasteiger partial charge in [-0.25, -0.2) is 4.79 Å². The number of carboxylic acid groups (broad SMARTS) is 1. The summed E-state index contributed by atoms with van der Waals surface area (Å²) in [6.07, 6.45) is 6.13. The Morgan fingerprint density at radius 1 is 1.35 bits per heavy atom. The Hall–Kier alpha value is -1.78. The first kappa shape index (κ1) is 16.3. The third-order valence-electron chi connectivity index (χ3n) is 3.20. The molecule has 0 radical (unpaired) electrons. The Morgan fingerprint density at radius 2 is 2.10 bits per heavy atom. The Kier molecular flexibility index (Phi) is 6.84. The molecular weight excluding hydrogens is 258 g/mol. The van der Waals surface area contributed by atoms with Crippen LogP contribution in [-0.4, -0.2) is 22.2 Å². The second-order valence-corrected chi connectivity index (χ2v) is 4.76. The van der Waals surface area contributed by atoms with Gasteiger partial charge in [0.25, 0.3) is 5.56 Å².